The average molecular weight is 219 g/mol. The van der Waals surface area contributed by atoms with Crippen LogP contribution in [0.3, 0.4) is 0 Å². The standard InChI is InChI=1S/C12H14FN3/c1-8-11(7-15-16(8)2)10-4-3-9(6-14)5-12(10)13/h3-5,7H,6,14H2,1-2H3. The SMILES string of the molecule is Cc1c(-c2ccc(CN)cc2F)cnn1C. The summed E-state index contributed by atoms with van der Waals surface area (Å²) in [5.74, 6) is -0.251. The van der Waals surface area contributed by atoms with Crippen molar-refractivity contribution in [1.29, 1.82) is 0 Å². The fraction of sp³-hybridized carbons (Fsp3) is 0.250. The van der Waals surface area contributed by atoms with Gasteiger partial charge in [-0.25, -0.2) is 4.39 Å². The van der Waals surface area contributed by atoms with Crippen molar-refractivity contribution in [2.75, 3.05) is 0 Å². The van der Waals surface area contributed by atoms with E-state index in [0.717, 1.165) is 16.8 Å². The normalized spacial score (nSPS) is 10.8. The molecule has 1 aromatic carbocycles. The van der Waals surface area contributed by atoms with Crippen LogP contribution in [-0.4, -0.2) is 9.78 Å². The van der Waals surface area contributed by atoms with E-state index in [4.69, 9.17) is 5.73 Å². The molecule has 2 rings (SSSR count). The van der Waals surface area contributed by atoms with Crippen LogP contribution in [0, 0.1) is 12.7 Å². The van der Waals surface area contributed by atoms with E-state index in [-0.39, 0.29) is 5.82 Å². The number of hydrogen-bond donors (Lipinski definition) is 1. The molecule has 2 aromatic rings. The molecule has 1 heterocycles. The monoisotopic (exact) mass is 219 g/mol. The molecule has 0 radical (unpaired) electrons. The van der Waals surface area contributed by atoms with Gasteiger partial charge in [0.1, 0.15) is 5.82 Å². The second-order valence-electron chi connectivity index (χ2n) is 3.79. The lowest BCUT2D eigenvalue weighted by Gasteiger charge is -2.04. The summed E-state index contributed by atoms with van der Waals surface area (Å²) >= 11 is 0. The zero-order valence-corrected chi connectivity index (χ0v) is 9.37. The molecule has 4 heteroatoms. The Balaban J connectivity index is 2.52. The Bertz CT molecular complexity index is 517. The number of hydrogen-bond acceptors (Lipinski definition) is 2. The summed E-state index contributed by atoms with van der Waals surface area (Å²) in [5.41, 5.74) is 8.59. The van der Waals surface area contributed by atoms with Gasteiger partial charge in [-0.2, -0.15) is 5.10 Å². The quantitative estimate of drug-likeness (QED) is 0.839. The minimum Gasteiger partial charge on any atom is -0.326 e. The van der Waals surface area contributed by atoms with E-state index in [1.54, 1.807) is 16.9 Å². The zero-order valence-electron chi connectivity index (χ0n) is 9.37. The van der Waals surface area contributed by atoms with Gasteiger partial charge in [0.2, 0.25) is 0 Å². The van der Waals surface area contributed by atoms with Crippen molar-refractivity contribution in [1.82, 2.24) is 9.78 Å². The van der Waals surface area contributed by atoms with Gasteiger partial charge in [0.25, 0.3) is 0 Å². The lowest BCUT2D eigenvalue weighted by molar-refractivity contribution is 0.628. The number of aryl methyl sites for hydroxylation is 1. The molecule has 0 aliphatic heterocycles. The van der Waals surface area contributed by atoms with Crippen LogP contribution in [0.4, 0.5) is 4.39 Å². The predicted molar refractivity (Wildman–Crippen MR) is 61.2 cm³/mol. The van der Waals surface area contributed by atoms with Gasteiger partial charge in [-0.1, -0.05) is 12.1 Å². The van der Waals surface area contributed by atoms with Crippen LogP contribution in [0.15, 0.2) is 24.4 Å². The van der Waals surface area contributed by atoms with Crippen LogP contribution >= 0.6 is 0 Å². The Morgan fingerprint density at radius 3 is 2.62 bits per heavy atom. The molecule has 0 aliphatic rings. The minimum atomic E-state index is -0.251. The van der Waals surface area contributed by atoms with Crippen molar-refractivity contribution < 1.29 is 4.39 Å². The molecule has 2 N–H and O–H groups in total. The van der Waals surface area contributed by atoms with Crippen LogP contribution in [0.2, 0.25) is 0 Å². The maximum atomic E-state index is 13.8. The van der Waals surface area contributed by atoms with E-state index in [1.807, 2.05) is 20.0 Å². The number of benzene rings is 1. The van der Waals surface area contributed by atoms with Crippen molar-refractivity contribution in [2.24, 2.45) is 12.8 Å². The van der Waals surface area contributed by atoms with Crippen molar-refractivity contribution in [3.05, 3.63) is 41.5 Å². The summed E-state index contributed by atoms with van der Waals surface area (Å²) in [7, 11) is 1.84. The molecule has 84 valence electrons. The maximum Gasteiger partial charge on any atom is 0.131 e. The molecule has 0 fully saturated rings. The van der Waals surface area contributed by atoms with Crippen LogP contribution in [0.25, 0.3) is 11.1 Å². The van der Waals surface area contributed by atoms with Crippen molar-refractivity contribution in [3.63, 3.8) is 0 Å². The second-order valence-corrected chi connectivity index (χ2v) is 3.79. The molecule has 0 amide bonds. The fourth-order valence-corrected chi connectivity index (χ4v) is 1.67. The topological polar surface area (TPSA) is 43.8 Å². The smallest absolute Gasteiger partial charge is 0.131 e. The largest absolute Gasteiger partial charge is 0.326 e. The van der Waals surface area contributed by atoms with Crippen LogP contribution < -0.4 is 5.73 Å². The van der Waals surface area contributed by atoms with Gasteiger partial charge < -0.3 is 5.73 Å². The van der Waals surface area contributed by atoms with Gasteiger partial charge in [0.15, 0.2) is 0 Å². The molecular weight excluding hydrogens is 205 g/mol. The number of halogens is 1. The number of nitrogens with zero attached hydrogens (tertiary/aromatic N) is 2. The Labute approximate surface area is 93.7 Å². The molecule has 1 aromatic heterocycles. The average Bonchev–Trinajstić information content (AvgIpc) is 2.60. The number of rotatable bonds is 2. The van der Waals surface area contributed by atoms with Gasteiger partial charge in [-0.3, -0.25) is 4.68 Å². The van der Waals surface area contributed by atoms with Crippen LogP contribution in [0.1, 0.15) is 11.3 Å². The molecule has 0 aliphatic carbocycles. The van der Waals surface area contributed by atoms with Gasteiger partial charge >= 0.3 is 0 Å². The number of nitrogens with two attached hydrogens (primary N) is 1. The first-order valence-electron chi connectivity index (χ1n) is 5.11. The molecule has 0 spiro atoms. The number of aromatic nitrogens is 2. The highest BCUT2D eigenvalue weighted by atomic mass is 19.1. The second kappa shape index (κ2) is 4.06. The highest BCUT2D eigenvalue weighted by Crippen LogP contribution is 2.26. The van der Waals surface area contributed by atoms with Gasteiger partial charge in [0.05, 0.1) is 6.20 Å². The van der Waals surface area contributed by atoms with E-state index in [9.17, 15) is 4.39 Å². The van der Waals surface area contributed by atoms with E-state index in [1.165, 1.54) is 6.07 Å². The first-order chi connectivity index (χ1) is 7.63. The first kappa shape index (κ1) is 10.8. The van der Waals surface area contributed by atoms with Crippen molar-refractivity contribution >= 4 is 0 Å². The maximum absolute atomic E-state index is 13.8. The molecule has 0 bridgehead atoms. The fourth-order valence-electron chi connectivity index (χ4n) is 1.67. The van der Waals surface area contributed by atoms with E-state index in [0.29, 0.717) is 12.1 Å². The van der Waals surface area contributed by atoms with Crippen LogP contribution in [-0.2, 0) is 13.6 Å². The summed E-state index contributed by atoms with van der Waals surface area (Å²) in [4.78, 5) is 0. The zero-order chi connectivity index (χ0) is 11.7. The summed E-state index contributed by atoms with van der Waals surface area (Å²) in [6.07, 6.45) is 1.68. The molecule has 3 nitrogen and oxygen atoms in total. The Morgan fingerprint density at radius 1 is 1.38 bits per heavy atom. The molecule has 0 atom stereocenters. The van der Waals surface area contributed by atoms with Gasteiger partial charge in [-0.15, -0.1) is 0 Å². The summed E-state index contributed by atoms with van der Waals surface area (Å²) in [6, 6.07) is 5.06. The molecular formula is C12H14FN3. The third-order valence-electron chi connectivity index (χ3n) is 2.79. The molecule has 0 saturated carbocycles. The van der Waals surface area contributed by atoms with Gasteiger partial charge in [-0.05, 0) is 18.6 Å². The van der Waals surface area contributed by atoms with Crippen molar-refractivity contribution in [2.45, 2.75) is 13.5 Å². The molecule has 0 unspecified atom stereocenters. The van der Waals surface area contributed by atoms with E-state index in [2.05, 4.69) is 5.10 Å². The Morgan fingerprint density at radius 2 is 2.12 bits per heavy atom. The molecule has 0 saturated heterocycles. The lowest BCUT2D eigenvalue weighted by atomic mass is 10.0. The Kier molecular flexibility index (Phi) is 2.75. The molecule has 16 heavy (non-hydrogen) atoms. The van der Waals surface area contributed by atoms with E-state index >= 15 is 0 Å². The summed E-state index contributed by atoms with van der Waals surface area (Å²) < 4.78 is 15.5. The third-order valence-corrected chi connectivity index (χ3v) is 2.79. The Hall–Kier alpha value is -1.68. The third kappa shape index (κ3) is 1.72. The summed E-state index contributed by atoms with van der Waals surface area (Å²) in [6.45, 7) is 2.27. The predicted octanol–water partition coefficient (Wildman–Crippen LogP) is 1.99. The van der Waals surface area contributed by atoms with Crippen molar-refractivity contribution in [3.8, 4) is 11.1 Å². The first-order valence-corrected chi connectivity index (χ1v) is 5.11. The van der Waals surface area contributed by atoms with Crippen LogP contribution in [0.5, 0.6) is 0 Å². The summed E-state index contributed by atoms with van der Waals surface area (Å²) in [5, 5.41) is 4.10. The lowest BCUT2D eigenvalue weighted by Crippen LogP contribution is -1.98. The highest BCUT2D eigenvalue weighted by molar-refractivity contribution is 5.66. The minimum absolute atomic E-state index is 0.251. The van der Waals surface area contributed by atoms with Gasteiger partial charge in [0, 0.05) is 30.4 Å². The highest BCUT2D eigenvalue weighted by Gasteiger charge is 2.11. The van der Waals surface area contributed by atoms with E-state index < -0.39 is 0 Å².